The van der Waals surface area contributed by atoms with Crippen LogP contribution in [0.1, 0.15) is 11.3 Å². The van der Waals surface area contributed by atoms with Crippen molar-refractivity contribution in [1.82, 2.24) is 15.2 Å². The number of nitrogens with zero attached hydrogens (tertiary/aromatic N) is 3. The first kappa shape index (κ1) is 27.8. The van der Waals surface area contributed by atoms with Crippen LogP contribution in [0.3, 0.4) is 0 Å². The molecule has 0 amide bonds. The van der Waals surface area contributed by atoms with Crippen LogP contribution in [0.15, 0.2) is 64.5 Å². The second-order valence-electron chi connectivity index (χ2n) is 8.10. The highest BCUT2D eigenvalue weighted by molar-refractivity contribution is 6.12. The molecule has 12 heteroatoms. The van der Waals surface area contributed by atoms with Gasteiger partial charge in [-0.05, 0) is 36.4 Å². The normalized spacial score (nSPS) is 11.0. The minimum Gasteiger partial charge on any atom is -0.493 e. The number of hydrogen-bond acceptors (Lipinski definition) is 11. The number of para-hydroxylation sites is 1. The van der Waals surface area contributed by atoms with Gasteiger partial charge in [0.1, 0.15) is 5.71 Å². The molecular formula is C28H29N5O7. The minimum atomic E-state index is -0.571. The summed E-state index contributed by atoms with van der Waals surface area (Å²) in [5.74, 6) is 2.53. The molecule has 4 aromatic rings. The number of methoxy groups -OCH3 is 6. The van der Waals surface area contributed by atoms with Gasteiger partial charge in [-0.1, -0.05) is 18.2 Å². The van der Waals surface area contributed by atoms with E-state index in [4.69, 9.17) is 28.4 Å². The SMILES string of the molecule is COc1cc(/C(=N\Nc2ccccc2)c2nc(-c3cc(OC)c(OC)c(OC)c3)n[nH]c2=O)cc(OC)c1OC. The third kappa shape index (κ3) is 5.60. The number of anilines is 1. The lowest BCUT2D eigenvalue weighted by molar-refractivity contribution is 0.324. The van der Waals surface area contributed by atoms with Gasteiger partial charge in [0.25, 0.3) is 5.56 Å². The van der Waals surface area contributed by atoms with Crippen LogP contribution >= 0.6 is 0 Å². The van der Waals surface area contributed by atoms with Crippen molar-refractivity contribution in [1.29, 1.82) is 0 Å². The molecule has 1 heterocycles. The van der Waals surface area contributed by atoms with Crippen molar-refractivity contribution in [3.8, 4) is 45.9 Å². The van der Waals surface area contributed by atoms with Gasteiger partial charge in [0.2, 0.25) is 11.5 Å². The summed E-state index contributed by atoms with van der Waals surface area (Å²) in [5, 5.41) is 11.2. The smallest absolute Gasteiger partial charge is 0.292 e. The number of H-pyrrole nitrogens is 1. The first-order chi connectivity index (χ1) is 19.5. The lowest BCUT2D eigenvalue weighted by atomic mass is 10.1. The van der Waals surface area contributed by atoms with Gasteiger partial charge < -0.3 is 28.4 Å². The minimum absolute atomic E-state index is 0.0172. The molecule has 0 radical (unpaired) electrons. The molecule has 12 nitrogen and oxygen atoms in total. The molecule has 4 rings (SSSR count). The molecule has 0 aliphatic rings. The molecule has 0 aliphatic heterocycles. The average molecular weight is 548 g/mol. The number of hydrogen-bond donors (Lipinski definition) is 2. The Morgan fingerprint density at radius 1 is 0.750 bits per heavy atom. The second-order valence-corrected chi connectivity index (χ2v) is 8.10. The van der Waals surface area contributed by atoms with Crippen molar-refractivity contribution in [3.05, 3.63) is 76.2 Å². The number of aromatic nitrogens is 3. The maximum absolute atomic E-state index is 13.2. The number of hydrazone groups is 1. The van der Waals surface area contributed by atoms with Crippen LogP contribution in [0.25, 0.3) is 11.4 Å². The van der Waals surface area contributed by atoms with Gasteiger partial charge in [-0.15, -0.1) is 0 Å². The molecular weight excluding hydrogens is 518 g/mol. The first-order valence-corrected chi connectivity index (χ1v) is 11.9. The van der Waals surface area contributed by atoms with E-state index in [0.717, 1.165) is 0 Å². The second kappa shape index (κ2) is 12.5. The van der Waals surface area contributed by atoms with E-state index in [-0.39, 0.29) is 17.2 Å². The van der Waals surface area contributed by atoms with Gasteiger partial charge in [-0.25, -0.2) is 10.1 Å². The summed E-state index contributed by atoms with van der Waals surface area (Å²) in [6, 6.07) is 16.0. The zero-order valence-corrected chi connectivity index (χ0v) is 22.9. The largest absolute Gasteiger partial charge is 0.493 e. The van der Waals surface area contributed by atoms with Crippen LogP contribution in [0, 0.1) is 0 Å². The summed E-state index contributed by atoms with van der Waals surface area (Å²) >= 11 is 0. The van der Waals surface area contributed by atoms with Gasteiger partial charge in [0, 0.05) is 11.1 Å². The Morgan fingerprint density at radius 3 is 1.77 bits per heavy atom. The molecule has 0 fully saturated rings. The van der Waals surface area contributed by atoms with Gasteiger partial charge in [-0.3, -0.25) is 10.2 Å². The Bertz CT molecular complexity index is 1520. The lowest BCUT2D eigenvalue weighted by Crippen LogP contribution is -2.24. The van der Waals surface area contributed by atoms with Crippen LogP contribution in [0.4, 0.5) is 5.69 Å². The van der Waals surface area contributed by atoms with Crippen molar-refractivity contribution in [2.75, 3.05) is 48.1 Å². The van der Waals surface area contributed by atoms with E-state index in [1.54, 1.807) is 24.3 Å². The summed E-state index contributed by atoms with van der Waals surface area (Å²) < 4.78 is 32.9. The van der Waals surface area contributed by atoms with E-state index in [1.807, 2.05) is 30.3 Å². The molecule has 0 saturated carbocycles. The Balaban J connectivity index is 1.93. The molecule has 0 atom stereocenters. The zero-order chi connectivity index (χ0) is 28.6. The van der Waals surface area contributed by atoms with Crippen molar-refractivity contribution in [3.63, 3.8) is 0 Å². The third-order valence-electron chi connectivity index (χ3n) is 5.85. The molecule has 2 N–H and O–H groups in total. The molecule has 208 valence electrons. The van der Waals surface area contributed by atoms with Crippen LogP contribution in [0.2, 0.25) is 0 Å². The molecule has 0 saturated heterocycles. The summed E-state index contributed by atoms with van der Waals surface area (Å²) in [7, 11) is 9.02. The fourth-order valence-corrected chi connectivity index (χ4v) is 3.94. The van der Waals surface area contributed by atoms with Crippen LogP contribution in [-0.4, -0.2) is 63.6 Å². The number of aromatic amines is 1. The highest BCUT2D eigenvalue weighted by Crippen LogP contribution is 2.41. The predicted octanol–water partition coefficient (Wildman–Crippen LogP) is 3.75. The quantitative estimate of drug-likeness (QED) is 0.211. The number of rotatable bonds is 11. The summed E-state index contributed by atoms with van der Waals surface area (Å²) in [5.41, 5.74) is 4.27. The zero-order valence-electron chi connectivity index (χ0n) is 22.9. The maximum atomic E-state index is 13.2. The Hall–Kier alpha value is -5.26. The van der Waals surface area contributed by atoms with Gasteiger partial charge >= 0.3 is 0 Å². The molecule has 1 aromatic heterocycles. The van der Waals surface area contributed by atoms with E-state index in [0.29, 0.717) is 51.3 Å². The van der Waals surface area contributed by atoms with Crippen LogP contribution < -0.4 is 39.4 Å². The van der Waals surface area contributed by atoms with Gasteiger partial charge in [0.05, 0.1) is 48.3 Å². The Kier molecular flexibility index (Phi) is 8.69. The van der Waals surface area contributed by atoms with Crippen molar-refractivity contribution in [2.45, 2.75) is 0 Å². The monoisotopic (exact) mass is 547 g/mol. The van der Waals surface area contributed by atoms with E-state index in [2.05, 4.69) is 25.7 Å². The van der Waals surface area contributed by atoms with Crippen LogP contribution in [0.5, 0.6) is 34.5 Å². The highest BCUT2D eigenvalue weighted by atomic mass is 16.5. The molecule has 3 aromatic carbocycles. The summed E-state index contributed by atoms with van der Waals surface area (Å²) in [6.07, 6.45) is 0. The number of nitrogens with one attached hydrogen (secondary N) is 2. The van der Waals surface area contributed by atoms with Gasteiger partial charge in [-0.2, -0.15) is 10.2 Å². The van der Waals surface area contributed by atoms with E-state index < -0.39 is 5.56 Å². The maximum Gasteiger partial charge on any atom is 0.292 e. The molecule has 40 heavy (non-hydrogen) atoms. The van der Waals surface area contributed by atoms with E-state index in [1.165, 1.54) is 42.7 Å². The van der Waals surface area contributed by atoms with E-state index >= 15 is 0 Å². The lowest BCUT2D eigenvalue weighted by Gasteiger charge is -2.16. The Labute approximate surface area is 230 Å². The van der Waals surface area contributed by atoms with Crippen molar-refractivity contribution in [2.24, 2.45) is 5.10 Å². The summed E-state index contributed by atoms with van der Waals surface area (Å²) in [4.78, 5) is 17.8. The molecule has 0 spiro atoms. The fourth-order valence-electron chi connectivity index (χ4n) is 3.94. The number of ether oxygens (including phenoxy) is 6. The molecule has 0 unspecified atom stereocenters. The van der Waals surface area contributed by atoms with E-state index in [9.17, 15) is 4.79 Å². The van der Waals surface area contributed by atoms with Crippen molar-refractivity contribution < 1.29 is 28.4 Å². The topological polar surface area (TPSA) is 138 Å². The van der Waals surface area contributed by atoms with Crippen molar-refractivity contribution >= 4 is 11.4 Å². The molecule has 0 bridgehead atoms. The standard InChI is InChI=1S/C28H29N5O7/c1-35-19-12-16(13-20(36-2)25(19)39-5)23(31-30-18-10-8-7-9-11-18)24-28(34)33-32-27(29-24)17-14-21(37-3)26(40-6)22(15-17)38-4/h7-15,30H,1-6H3,(H,33,34)/b31-23+. The number of benzene rings is 3. The first-order valence-electron chi connectivity index (χ1n) is 11.9. The summed E-state index contributed by atoms with van der Waals surface area (Å²) in [6.45, 7) is 0. The third-order valence-corrected chi connectivity index (χ3v) is 5.85. The average Bonchev–Trinajstić information content (AvgIpc) is 3.00. The predicted molar refractivity (Wildman–Crippen MR) is 150 cm³/mol. The highest BCUT2D eigenvalue weighted by Gasteiger charge is 2.22. The fraction of sp³-hybridized carbons (Fsp3) is 0.214. The molecule has 0 aliphatic carbocycles. The van der Waals surface area contributed by atoms with Gasteiger partial charge in [0.15, 0.2) is 34.5 Å². The van der Waals surface area contributed by atoms with Crippen LogP contribution in [-0.2, 0) is 0 Å². The Morgan fingerprint density at radius 2 is 1.27 bits per heavy atom.